The Balaban J connectivity index is 2.32. The molecule has 2 atom stereocenters. The standard InChI is InChI=1S/C15H29NO2S/c1-12(10-13-6-4-3-5-7-13)15(18)16-14(8-9-17)11-19-2/h12-14,17H,3-11H2,1-2H3,(H,16,18). The predicted octanol–water partition coefficient (Wildman–Crippen LogP) is 2.82. The Bertz CT molecular complexity index is 249. The monoisotopic (exact) mass is 287 g/mol. The van der Waals surface area contributed by atoms with E-state index >= 15 is 0 Å². The lowest BCUT2D eigenvalue weighted by Crippen LogP contribution is -2.40. The lowest BCUT2D eigenvalue weighted by atomic mass is 9.83. The van der Waals surface area contributed by atoms with Gasteiger partial charge in [0.25, 0.3) is 0 Å². The van der Waals surface area contributed by atoms with Crippen LogP contribution in [0, 0.1) is 11.8 Å². The Morgan fingerprint density at radius 3 is 2.63 bits per heavy atom. The maximum Gasteiger partial charge on any atom is 0.223 e. The quantitative estimate of drug-likeness (QED) is 0.722. The number of carbonyl (C=O) groups is 1. The molecule has 1 saturated carbocycles. The van der Waals surface area contributed by atoms with Crippen LogP contribution < -0.4 is 5.32 Å². The van der Waals surface area contributed by atoms with Gasteiger partial charge in [0.1, 0.15) is 0 Å². The zero-order valence-electron chi connectivity index (χ0n) is 12.4. The Hall–Kier alpha value is -0.220. The highest BCUT2D eigenvalue weighted by molar-refractivity contribution is 7.98. The molecule has 112 valence electrons. The summed E-state index contributed by atoms with van der Waals surface area (Å²) in [5.41, 5.74) is 0. The first-order chi connectivity index (χ1) is 9.17. The fourth-order valence-electron chi connectivity index (χ4n) is 2.93. The van der Waals surface area contributed by atoms with E-state index in [4.69, 9.17) is 5.11 Å². The Morgan fingerprint density at radius 1 is 1.37 bits per heavy atom. The molecule has 0 spiro atoms. The number of amides is 1. The molecule has 1 amide bonds. The van der Waals surface area contributed by atoms with Gasteiger partial charge in [0.05, 0.1) is 0 Å². The molecule has 3 nitrogen and oxygen atoms in total. The molecule has 1 aliphatic carbocycles. The summed E-state index contributed by atoms with van der Waals surface area (Å²) < 4.78 is 0. The zero-order chi connectivity index (χ0) is 14.1. The van der Waals surface area contributed by atoms with Gasteiger partial charge in [-0.05, 0) is 25.0 Å². The van der Waals surface area contributed by atoms with E-state index in [0.717, 1.165) is 18.1 Å². The molecule has 1 aliphatic rings. The van der Waals surface area contributed by atoms with Crippen molar-refractivity contribution >= 4 is 17.7 Å². The first-order valence-electron chi connectivity index (χ1n) is 7.57. The van der Waals surface area contributed by atoms with Crippen molar-refractivity contribution in [1.82, 2.24) is 5.32 Å². The van der Waals surface area contributed by atoms with Gasteiger partial charge >= 0.3 is 0 Å². The average molecular weight is 287 g/mol. The van der Waals surface area contributed by atoms with Crippen molar-refractivity contribution < 1.29 is 9.90 Å². The highest BCUT2D eigenvalue weighted by Gasteiger charge is 2.22. The molecule has 0 heterocycles. The van der Waals surface area contributed by atoms with Gasteiger partial charge in [-0.3, -0.25) is 4.79 Å². The van der Waals surface area contributed by atoms with Crippen LogP contribution in [0.2, 0.25) is 0 Å². The normalized spacial score (nSPS) is 19.9. The summed E-state index contributed by atoms with van der Waals surface area (Å²) in [6.45, 7) is 2.18. The summed E-state index contributed by atoms with van der Waals surface area (Å²) >= 11 is 1.71. The predicted molar refractivity (Wildman–Crippen MR) is 82.4 cm³/mol. The SMILES string of the molecule is CSCC(CCO)NC(=O)C(C)CC1CCCCC1. The number of nitrogens with one attached hydrogen (secondary N) is 1. The van der Waals surface area contributed by atoms with Crippen LogP contribution in [0.15, 0.2) is 0 Å². The first kappa shape index (κ1) is 16.8. The number of thioether (sulfide) groups is 1. The van der Waals surface area contributed by atoms with Crippen molar-refractivity contribution in [2.75, 3.05) is 18.6 Å². The second-order valence-corrected chi connectivity index (χ2v) is 6.72. The molecule has 4 heteroatoms. The van der Waals surface area contributed by atoms with Crippen molar-refractivity contribution in [3.8, 4) is 0 Å². The smallest absolute Gasteiger partial charge is 0.223 e. The van der Waals surface area contributed by atoms with Gasteiger partial charge in [-0.25, -0.2) is 0 Å². The number of aliphatic hydroxyl groups excluding tert-OH is 1. The molecule has 1 rings (SSSR count). The van der Waals surface area contributed by atoms with Crippen molar-refractivity contribution in [3.05, 3.63) is 0 Å². The lowest BCUT2D eigenvalue weighted by molar-refractivity contribution is -0.125. The summed E-state index contributed by atoms with van der Waals surface area (Å²) in [6, 6.07) is 0.112. The fourth-order valence-corrected chi connectivity index (χ4v) is 3.58. The Morgan fingerprint density at radius 2 is 2.05 bits per heavy atom. The van der Waals surface area contributed by atoms with Crippen molar-refractivity contribution in [3.63, 3.8) is 0 Å². The van der Waals surface area contributed by atoms with Gasteiger partial charge in [0.15, 0.2) is 0 Å². The van der Waals surface area contributed by atoms with E-state index in [9.17, 15) is 4.79 Å². The topological polar surface area (TPSA) is 49.3 Å². The van der Waals surface area contributed by atoms with Crippen molar-refractivity contribution in [2.45, 2.75) is 57.9 Å². The molecule has 0 aromatic carbocycles. The van der Waals surface area contributed by atoms with Gasteiger partial charge in [-0.15, -0.1) is 0 Å². The van der Waals surface area contributed by atoms with Crippen LogP contribution in [-0.2, 0) is 4.79 Å². The molecular formula is C15H29NO2S. The van der Waals surface area contributed by atoms with E-state index in [0.29, 0.717) is 6.42 Å². The minimum Gasteiger partial charge on any atom is -0.396 e. The molecule has 0 aliphatic heterocycles. The van der Waals surface area contributed by atoms with Crippen LogP contribution in [-0.4, -0.2) is 35.7 Å². The van der Waals surface area contributed by atoms with Crippen LogP contribution in [0.1, 0.15) is 51.9 Å². The maximum atomic E-state index is 12.2. The van der Waals surface area contributed by atoms with Gasteiger partial charge in [0, 0.05) is 24.3 Å². The molecular weight excluding hydrogens is 258 g/mol. The summed E-state index contributed by atoms with van der Waals surface area (Å²) in [5.74, 6) is 1.89. The van der Waals surface area contributed by atoms with Gasteiger partial charge < -0.3 is 10.4 Å². The third-order valence-corrected chi connectivity index (χ3v) is 4.79. The number of hydrogen-bond acceptors (Lipinski definition) is 3. The van der Waals surface area contributed by atoms with Crippen LogP contribution in [0.25, 0.3) is 0 Å². The number of carbonyl (C=O) groups excluding carboxylic acids is 1. The summed E-state index contributed by atoms with van der Waals surface area (Å²) in [6.07, 6.45) is 10.3. The van der Waals surface area contributed by atoms with E-state index in [1.165, 1.54) is 32.1 Å². The first-order valence-corrected chi connectivity index (χ1v) is 8.97. The summed E-state index contributed by atoms with van der Waals surface area (Å²) in [7, 11) is 0. The maximum absolute atomic E-state index is 12.2. The highest BCUT2D eigenvalue weighted by atomic mass is 32.2. The summed E-state index contributed by atoms with van der Waals surface area (Å²) in [4.78, 5) is 12.2. The van der Waals surface area contributed by atoms with Crippen LogP contribution in [0.4, 0.5) is 0 Å². The largest absolute Gasteiger partial charge is 0.396 e. The molecule has 2 unspecified atom stereocenters. The zero-order valence-corrected chi connectivity index (χ0v) is 13.2. The van der Waals surface area contributed by atoms with Crippen molar-refractivity contribution in [1.29, 1.82) is 0 Å². The molecule has 0 aromatic rings. The minimum absolute atomic E-state index is 0.103. The third-order valence-electron chi connectivity index (χ3n) is 4.05. The molecule has 19 heavy (non-hydrogen) atoms. The van der Waals surface area contributed by atoms with Gasteiger partial charge in [0.2, 0.25) is 5.91 Å². The molecule has 0 saturated heterocycles. The van der Waals surface area contributed by atoms with Crippen LogP contribution in [0.3, 0.4) is 0 Å². The van der Waals surface area contributed by atoms with E-state index in [-0.39, 0.29) is 24.5 Å². The second kappa shape index (κ2) is 9.65. The van der Waals surface area contributed by atoms with Crippen LogP contribution in [0.5, 0.6) is 0 Å². The van der Waals surface area contributed by atoms with Crippen LogP contribution >= 0.6 is 11.8 Å². The second-order valence-electron chi connectivity index (χ2n) is 5.81. The molecule has 0 aromatic heterocycles. The number of rotatable bonds is 8. The molecule has 1 fully saturated rings. The highest BCUT2D eigenvalue weighted by Crippen LogP contribution is 2.29. The minimum atomic E-state index is 0.103. The molecule has 0 bridgehead atoms. The van der Waals surface area contributed by atoms with E-state index in [1.54, 1.807) is 11.8 Å². The van der Waals surface area contributed by atoms with Gasteiger partial charge in [-0.1, -0.05) is 39.0 Å². The summed E-state index contributed by atoms with van der Waals surface area (Å²) in [5, 5.41) is 12.1. The van der Waals surface area contributed by atoms with Crippen molar-refractivity contribution in [2.24, 2.45) is 11.8 Å². The number of hydrogen-bond donors (Lipinski definition) is 2. The lowest BCUT2D eigenvalue weighted by Gasteiger charge is -2.25. The molecule has 2 N–H and O–H groups in total. The Kier molecular flexibility index (Phi) is 8.55. The third kappa shape index (κ3) is 6.66. The van der Waals surface area contributed by atoms with Gasteiger partial charge in [-0.2, -0.15) is 11.8 Å². The Labute approximate surface area is 121 Å². The number of aliphatic hydroxyl groups is 1. The van der Waals surface area contributed by atoms with E-state index in [1.807, 2.05) is 13.2 Å². The molecule has 0 radical (unpaired) electrons. The fraction of sp³-hybridized carbons (Fsp3) is 0.933. The van der Waals surface area contributed by atoms with E-state index in [2.05, 4.69) is 5.32 Å². The van der Waals surface area contributed by atoms with E-state index < -0.39 is 0 Å². The average Bonchev–Trinajstić information content (AvgIpc) is 2.40.